The number of rotatable bonds is 6. The number of aromatic amines is 1. The summed E-state index contributed by atoms with van der Waals surface area (Å²) < 4.78 is 10.7. The van der Waals surface area contributed by atoms with E-state index in [2.05, 4.69) is 41.3 Å². The van der Waals surface area contributed by atoms with Gasteiger partial charge in [0.15, 0.2) is 11.5 Å². The first-order valence-electron chi connectivity index (χ1n) is 8.13. The molecule has 2 heterocycles. The SMILES string of the molecule is COc1ccc(-c2nc(CSc3n[nH]c(C(C)(C)C)n3)cs2)cc1OC. The lowest BCUT2D eigenvalue weighted by atomic mass is 9.96. The summed E-state index contributed by atoms with van der Waals surface area (Å²) in [6.45, 7) is 6.33. The van der Waals surface area contributed by atoms with Crippen molar-refractivity contribution in [3.63, 3.8) is 0 Å². The Kier molecular flexibility index (Phi) is 5.52. The van der Waals surface area contributed by atoms with Gasteiger partial charge in [-0.05, 0) is 18.2 Å². The molecule has 3 aromatic rings. The molecule has 0 amide bonds. The van der Waals surface area contributed by atoms with Gasteiger partial charge in [-0.2, -0.15) is 0 Å². The number of thiazole rings is 1. The fourth-order valence-electron chi connectivity index (χ4n) is 2.26. The number of methoxy groups -OCH3 is 2. The largest absolute Gasteiger partial charge is 0.493 e. The molecule has 0 aliphatic heterocycles. The van der Waals surface area contributed by atoms with E-state index in [1.54, 1.807) is 37.3 Å². The summed E-state index contributed by atoms with van der Waals surface area (Å²) in [5.74, 6) is 3.03. The van der Waals surface area contributed by atoms with Gasteiger partial charge >= 0.3 is 0 Å². The molecule has 0 spiro atoms. The van der Waals surface area contributed by atoms with Crippen LogP contribution in [0.4, 0.5) is 0 Å². The highest BCUT2D eigenvalue weighted by Crippen LogP contribution is 2.34. The number of ether oxygens (including phenoxy) is 2. The van der Waals surface area contributed by atoms with Crippen molar-refractivity contribution in [1.82, 2.24) is 20.2 Å². The third kappa shape index (κ3) is 4.19. The Morgan fingerprint density at radius 2 is 1.88 bits per heavy atom. The molecule has 0 saturated carbocycles. The Bertz CT molecular complexity index is 883. The molecule has 0 atom stereocenters. The van der Waals surface area contributed by atoms with Crippen LogP contribution in [0, 0.1) is 0 Å². The molecule has 138 valence electrons. The van der Waals surface area contributed by atoms with Crippen LogP contribution in [0.2, 0.25) is 0 Å². The summed E-state index contributed by atoms with van der Waals surface area (Å²) >= 11 is 3.19. The molecule has 2 aromatic heterocycles. The number of hydrogen-bond acceptors (Lipinski definition) is 7. The molecule has 1 N–H and O–H groups in total. The minimum absolute atomic E-state index is 0.0347. The zero-order chi connectivity index (χ0) is 18.7. The molecule has 0 unspecified atom stereocenters. The molecule has 0 bridgehead atoms. The molecule has 26 heavy (non-hydrogen) atoms. The van der Waals surface area contributed by atoms with Crippen molar-refractivity contribution in [2.75, 3.05) is 14.2 Å². The van der Waals surface area contributed by atoms with Crippen molar-refractivity contribution < 1.29 is 9.47 Å². The van der Waals surface area contributed by atoms with Crippen molar-refractivity contribution in [2.45, 2.75) is 37.1 Å². The monoisotopic (exact) mass is 390 g/mol. The summed E-state index contributed by atoms with van der Waals surface area (Å²) in [5, 5.41) is 11.1. The second kappa shape index (κ2) is 7.67. The normalized spacial score (nSPS) is 11.6. The quantitative estimate of drug-likeness (QED) is 0.623. The maximum absolute atomic E-state index is 5.37. The second-order valence-electron chi connectivity index (χ2n) is 6.72. The molecule has 0 radical (unpaired) electrons. The third-order valence-corrected chi connectivity index (χ3v) is 5.53. The van der Waals surface area contributed by atoms with E-state index in [1.165, 1.54) is 0 Å². The number of hydrogen-bond donors (Lipinski definition) is 1. The van der Waals surface area contributed by atoms with E-state index in [4.69, 9.17) is 14.5 Å². The first-order valence-corrected chi connectivity index (χ1v) is 9.99. The van der Waals surface area contributed by atoms with Gasteiger partial charge in [0, 0.05) is 22.1 Å². The van der Waals surface area contributed by atoms with Crippen LogP contribution in [0.1, 0.15) is 32.3 Å². The molecule has 3 rings (SSSR count). The zero-order valence-corrected chi connectivity index (χ0v) is 17.1. The van der Waals surface area contributed by atoms with Gasteiger partial charge in [-0.15, -0.1) is 16.4 Å². The maximum atomic E-state index is 5.37. The Morgan fingerprint density at radius 1 is 1.12 bits per heavy atom. The molecule has 8 heteroatoms. The Hall–Kier alpha value is -2.06. The Morgan fingerprint density at radius 3 is 2.54 bits per heavy atom. The van der Waals surface area contributed by atoms with Crippen LogP contribution in [-0.4, -0.2) is 34.4 Å². The third-order valence-electron chi connectivity index (χ3n) is 3.71. The van der Waals surface area contributed by atoms with Crippen molar-refractivity contribution in [3.05, 3.63) is 35.1 Å². The molecule has 0 aliphatic rings. The average Bonchev–Trinajstić information content (AvgIpc) is 3.28. The molecule has 0 saturated heterocycles. The number of thioether (sulfide) groups is 1. The predicted octanol–water partition coefficient (Wildman–Crippen LogP) is 4.54. The number of H-pyrrole nitrogens is 1. The van der Waals surface area contributed by atoms with Gasteiger partial charge in [-0.25, -0.2) is 9.97 Å². The van der Waals surface area contributed by atoms with Crippen LogP contribution in [0.25, 0.3) is 10.6 Å². The van der Waals surface area contributed by atoms with E-state index >= 15 is 0 Å². The smallest absolute Gasteiger partial charge is 0.208 e. The first kappa shape index (κ1) is 18.7. The van der Waals surface area contributed by atoms with E-state index in [0.717, 1.165) is 33.0 Å². The molecule has 0 fully saturated rings. The van der Waals surface area contributed by atoms with Gasteiger partial charge in [-0.1, -0.05) is 32.5 Å². The highest BCUT2D eigenvalue weighted by Gasteiger charge is 2.19. The zero-order valence-electron chi connectivity index (χ0n) is 15.5. The molecular weight excluding hydrogens is 368 g/mol. The summed E-state index contributed by atoms with van der Waals surface area (Å²) in [4.78, 5) is 9.26. The minimum atomic E-state index is -0.0347. The standard InChI is InChI=1S/C18H22N4O2S2/c1-18(2,3)16-20-17(22-21-16)26-10-12-9-25-15(19-12)11-6-7-13(23-4)14(8-11)24-5/h6-9H,10H2,1-5H3,(H,20,21,22). The van der Waals surface area contributed by atoms with Gasteiger partial charge in [0.2, 0.25) is 5.16 Å². The summed E-state index contributed by atoms with van der Waals surface area (Å²) in [6, 6.07) is 5.83. The van der Waals surface area contributed by atoms with Crippen molar-refractivity contribution in [2.24, 2.45) is 0 Å². The number of benzene rings is 1. The summed E-state index contributed by atoms with van der Waals surface area (Å²) in [5.41, 5.74) is 1.98. The van der Waals surface area contributed by atoms with E-state index in [0.29, 0.717) is 11.5 Å². The molecule has 1 aromatic carbocycles. The molecular formula is C18H22N4O2S2. The molecule has 0 aliphatic carbocycles. The molecule has 6 nitrogen and oxygen atoms in total. The second-order valence-corrected chi connectivity index (χ2v) is 8.52. The van der Waals surface area contributed by atoms with Crippen LogP contribution < -0.4 is 9.47 Å². The van der Waals surface area contributed by atoms with E-state index < -0.39 is 0 Å². The Balaban J connectivity index is 1.69. The number of nitrogens with zero attached hydrogens (tertiary/aromatic N) is 3. The number of nitrogens with one attached hydrogen (secondary N) is 1. The fourth-order valence-corrected chi connectivity index (χ4v) is 3.87. The van der Waals surface area contributed by atoms with Gasteiger partial charge in [0.1, 0.15) is 10.8 Å². The first-order chi connectivity index (χ1) is 12.4. The van der Waals surface area contributed by atoms with Crippen LogP contribution in [0.5, 0.6) is 11.5 Å². The van der Waals surface area contributed by atoms with Crippen LogP contribution >= 0.6 is 23.1 Å². The van der Waals surface area contributed by atoms with Crippen LogP contribution in [0.3, 0.4) is 0 Å². The van der Waals surface area contributed by atoms with Crippen LogP contribution in [0.15, 0.2) is 28.7 Å². The minimum Gasteiger partial charge on any atom is -0.493 e. The van der Waals surface area contributed by atoms with E-state index in [1.807, 2.05) is 18.2 Å². The van der Waals surface area contributed by atoms with Crippen LogP contribution in [-0.2, 0) is 11.2 Å². The number of aromatic nitrogens is 4. The highest BCUT2D eigenvalue weighted by atomic mass is 32.2. The van der Waals surface area contributed by atoms with Gasteiger partial charge in [0.25, 0.3) is 0 Å². The topological polar surface area (TPSA) is 72.9 Å². The fraction of sp³-hybridized carbons (Fsp3) is 0.389. The van der Waals surface area contributed by atoms with Gasteiger partial charge in [0.05, 0.1) is 19.9 Å². The van der Waals surface area contributed by atoms with E-state index in [-0.39, 0.29) is 5.41 Å². The predicted molar refractivity (Wildman–Crippen MR) is 105 cm³/mol. The lowest BCUT2D eigenvalue weighted by molar-refractivity contribution is 0.355. The summed E-state index contributed by atoms with van der Waals surface area (Å²) in [7, 11) is 3.26. The lowest BCUT2D eigenvalue weighted by Crippen LogP contribution is -2.13. The lowest BCUT2D eigenvalue weighted by Gasteiger charge is -2.12. The maximum Gasteiger partial charge on any atom is 0.208 e. The van der Waals surface area contributed by atoms with Gasteiger partial charge < -0.3 is 9.47 Å². The van der Waals surface area contributed by atoms with Crippen molar-refractivity contribution >= 4 is 23.1 Å². The average molecular weight is 391 g/mol. The van der Waals surface area contributed by atoms with Crippen molar-refractivity contribution in [3.8, 4) is 22.1 Å². The highest BCUT2D eigenvalue weighted by molar-refractivity contribution is 7.98. The summed E-state index contributed by atoms with van der Waals surface area (Å²) in [6.07, 6.45) is 0. The Labute approximate surface area is 161 Å². The van der Waals surface area contributed by atoms with Gasteiger partial charge in [-0.3, -0.25) is 5.10 Å². The van der Waals surface area contributed by atoms with E-state index in [9.17, 15) is 0 Å². The van der Waals surface area contributed by atoms with Crippen molar-refractivity contribution in [1.29, 1.82) is 0 Å².